The Morgan fingerprint density at radius 3 is 2.86 bits per heavy atom. The normalized spacial score (nSPS) is 27.6. The van der Waals surface area contributed by atoms with Gasteiger partial charge >= 0.3 is 0 Å². The van der Waals surface area contributed by atoms with Crippen molar-refractivity contribution in [3.8, 4) is 0 Å². The van der Waals surface area contributed by atoms with Crippen molar-refractivity contribution in [2.45, 2.75) is 25.8 Å². The quantitative estimate of drug-likeness (QED) is 0.748. The molecule has 1 aliphatic rings. The lowest BCUT2D eigenvalue weighted by Crippen LogP contribution is -2.31. The van der Waals surface area contributed by atoms with E-state index in [2.05, 4.69) is 24.4 Å². The summed E-state index contributed by atoms with van der Waals surface area (Å²) in [5.74, 6) is 0.811. The standard InChI is InChI=1S/C12H16ClN/c1-9-5-6-12(14-8-9)10-3-2-4-11(13)7-10/h2-4,7,9,12,14H,5-6,8H2,1H3. The van der Waals surface area contributed by atoms with E-state index in [0.717, 1.165) is 17.5 Å². The fourth-order valence-corrected chi connectivity index (χ4v) is 2.21. The highest BCUT2D eigenvalue weighted by atomic mass is 35.5. The van der Waals surface area contributed by atoms with Crippen LogP contribution in [-0.4, -0.2) is 6.54 Å². The van der Waals surface area contributed by atoms with E-state index in [0.29, 0.717) is 6.04 Å². The minimum absolute atomic E-state index is 0.505. The molecular formula is C12H16ClN. The Balaban J connectivity index is 2.08. The summed E-state index contributed by atoms with van der Waals surface area (Å²) in [5, 5.41) is 4.39. The first-order chi connectivity index (χ1) is 6.75. The van der Waals surface area contributed by atoms with Gasteiger partial charge in [0.25, 0.3) is 0 Å². The molecule has 1 fully saturated rings. The third-order valence-electron chi connectivity index (χ3n) is 2.91. The van der Waals surface area contributed by atoms with Crippen molar-refractivity contribution in [2.75, 3.05) is 6.54 Å². The predicted octanol–water partition coefficient (Wildman–Crippen LogP) is 3.40. The molecule has 1 N–H and O–H groups in total. The number of piperidine rings is 1. The third kappa shape index (κ3) is 2.28. The van der Waals surface area contributed by atoms with Crippen molar-refractivity contribution < 1.29 is 0 Å². The van der Waals surface area contributed by atoms with E-state index in [-0.39, 0.29) is 0 Å². The zero-order chi connectivity index (χ0) is 9.97. The highest BCUT2D eigenvalue weighted by Gasteiger charge is 2.18. The summed E-state index contributed by atoms with van der Waals surface area (Å²) in [5.41, 5.74) is 1.32. The monoisotopic (exact) mass is 209 g/mol. The lowest BCUT2D eigenvalue weighted by Gasteiger charge is -2.28. The Labute approximate surface area is 90.5 Å². The van der Waals surface area contributed by atoms with E-state index in [1.807, 2.05) is 12.1 Å². The lowest BCUT2D eigenvalue weighted by atomic mass is 9.92. The molecule has 76 valence electrons. The lowest BCUT2D eigenvalue weighted by molar-refractivity contribution is 0.333. The van der Waals surface area contributed by atoms with Gasteiger partial charge in [-0.15, -0.1) is 0 Å². The molecule has 1 nitrogen and oxygen atoms in total. The second-order valence-electron chi connectivity index (χ2n) is 4.20. The van der Waals surface area contributed by atoms with E-state index in [1.54, 1.807) is 0 Å². The molecule has 0 radical (unpaired) electrons. The molecule has 2 unspecified atom stereocenters. The van der Waals surface area contributed by atoms with Crippen LogP contribution in [0.1, 0.15) is 31.4 Å². The maximum Gasteiger partial charge on any atom is 0.0409 e. The molecule has 1 aliphatic heterocycles. The summed E-state index contributed by atoms with van der Waals surface area (Å²) in [6.07, 6.45) is 2.53. The van der Waals surface area contributed by atoms with Gasteiger partial charge in [0.2, 0.25) is 0 Å². The van der Waals surface area contributed by atoms with Gasteiger partial charge in [-0.2, -0.15) is 0 Å². The van der Waals surface area contributed by atoms with Gasteiger partial charge in [0, 0.05) is 11.1 Å². The van der Waals surface area contributed by atoms with Gasteiger partial charge in [-0.1, -0.05) is 30.7 Å². The Morgan fingerprint density at radius 2 is 2.21 bits per heavy atom. The molecule has 2 atom stereocenters. The molecule has 1 saturated heterocycles. The molecule has 14 heavy (non-hydrogen) atoms. The Bertz CT molecular complexity index is 303. The maximum absolute atomic E-state index is 5.96. The summed E-state index contributed by atoms with van der Waals surface area (Å²) in [6, 6.07) is 8.67. The van der Waals surface area contributed by atoms with E-state index in [4.69, 9.17) is 11.6 Å². The van der Waals surface area contributed by atoms with E-state index >= 15 is 0 Å². The molecule has 0 aliphatic carbocycles. The second-order valence-corrected chi connectivity index (χ2v) is 4.63. The van der Waals surface area contributed by atoms with Gasteiger partial charge in [-0.05, 0) is 43.0 Å². The average Bonchev–Trinajstić information content (AvgIpc) is 2.19. The number of hydrogen-bond acceptors (Lipinski definition) is 1. The van der Waals surface area contributed by atoms with E-state index < -0.39 is 0 Å². The minimum Gasteiger partial charge on any atom is -0.310 e. The number of benzene rings is 1. The molecule has 0 spiro atoms. The van der Waals surface area contributed by atoms with Gasteiger partial charge in [-0.25, -0.2) is 0 Å². The molecule has 0 saturated carbocycles. The smallest absolute Gasteiger partial charge is 0.0409 e. The SMILES string of the molecule is CC1CCC(c2cccc(Cl)c2)NC1. The van der Waals surface area contributed by atoms with Crippen LogP contribution in [0.5, 0.6) is 0 Å². The number of hydrogen-bond donors (Lipinski definition) is 1. The molecule has 1 aromatic carbocycles. The van der Waals surface area contributed by atoms with Crippen molar-refractivity contribution in [3.05, 3.63) is 34.9 Å². The predicted molar refractivity (Wildman–Crippen MR) is 60.6 cm³/mol. The number of rotatable bonds is 1. The van der Waals surface area contributed by atoms with Crippen LogP contribution in [0.4, 0.5) is 0 Å². The molecule has 0 bridgehead atoms. The topological polar surface area (TPSA) is 12.0 Å². The van der Waals surface area contributed by atoms with Gasteiger partial charge in [-0.3, -0.25) is 0 Å². The summed E-state index contributed by atoms with van der Waals surface area (Å²) in [7, 11) is 0. The van der Waals surface area contributed by atoms with Gasteiger partial charge in [0.15, 0.2) is 0 Å². The highest BCUT2D eigenvalue weighted by molar-refractivity contribution is 6.30. The summed E-state index contributed by atoms with van der Waals surface area (Å²) in [4.78, 5) is 0. The number of nitrogens with one attached hydrogen (secondary N) is 1. The molecule has 2 rings (SSSR count). The van der Waals surface area contributed by atoms with Crippen LogP contribution in [0, 0.1) is 5.92 Å². The molecule has 2 heteroatoms. The van der Waals surface area contributed by atoms with Crippen LogP contribution in [0.15, 0.2) is 24.3 Å². The molecule has 0 amide bonds. The molecule has 0 aromatic heterocycles. The second kappa shape index (κ2) is 4.33. The van der Waals surface area contributed by atoms with Gasteiger partial charge < -0.3 is 5.32 Å². The van der Waals surface area contributed by atoms with Crippen molar-refractivity contribution in [1.29, 1.82) is 0 Å². The summed E-state index contributed by atoms with van der Waals surface area (Å²) in [6.45, 7) is 3.42. The van der Waals surface area contributed by atoms with Crippen LogP contribution >= 0.6 is 11.6 Å². The van der Waals surface area contributed by atoms with Crippen LogP contribution < -0.4 is 5.32 Å². The van der Waals surface area contributed by atoms with Crippen LogP contribution in [0.3, 0.4) is 0 Å². The Morgan fingerprint density at radius 1 is 1.36 bits per heavy atom. The van der Waals surface area contributed by atoms with E-state index in [1.165, 1.54) is 18.4 Å². The first-order valence-corrected chi connectivity index (χ1v) is 5.62. The zero-order valence-corrected chi connectivity index (χ0v) is 9.22. The zero-order valence-electron chi connectivity index (χ0n) is 8.46. The summed E-state index contributed by atoms with van der Waals surface area (Å²) < 4.78 is 0. The number of halogens is 1. The molecular weight excluding hydrogens is 194 g/mol. The van der Waals surface area contributed by atoms with Crippen molar-refractivity contribution >= 4 is 11.6 Å². The maximum atomic E-state index is 5.96. The van der Waals surface area contributed by atoms with Gasteiger partial charge in [0.1, 0.15) is 0 Å². The van der Waals surface area contributed by atoms with Crippen molar-refractivity contribution in [3.63, 3.8) is 0 Å². The van der Waals surface area contributed by atoms with Crippen LogP contribution in [0.25, 0.3) is 0 Å². The molecule has 1 heterocycles. The van der Waals surface area contributed by atoms with E-state index in [9.17, 15) is 0 Å². The fourth-order valence-electron chi connectivity index (χ4n) is 2.01. The largest absolute Gasteiger partial charge is 0.310 e. The van der Waals surface area contributed by atoms with Crippen LogP contribution in [-0.2, 0) is 0 Å². The fraction of sp³-hybridized carbons (Fsp3) is 0.500. The Kier molecular flexibility index (Phi) is 3.09. The minimum atomic E-state index is 0.505. The third-order valence-corrected chi connectivity index (χ3v) is 3.15. The highest BCUT2D eigenvalue weighted by Crippen LogP contribution is 2.26. The van der Waals surface area contributed by atoms with Crippen LogP contribution in [0.2, 0.25) is 5.02 Å². The van der Waals surface area contributed by atoms with Crippen molar-refractivity contribution in [1.82, 2.24) is 5.32 Å². The average molecular weight is 210 g/mol. The first-order valence-electron chi connectivity index (χ1n) is 5.24. The summed E-state index contributed by atoms with van der Waals surface area (Å²) >= 11 is 5.96. The first kappa shape index (κ1) is 10.0. The molecule has 1 aromatic rings. The van der Waals surface area contributed by atoms with Gasteiger partial charge in [0.05, 0.1) is 0 Å². The Hall–Kier alpha value is -0.530. The van der Waals surface area contributed by atoms with Crippen molar-refractivity contribution in [2.24, 2.45) is 5.92 Å².